The third-order valence-electron chi connectivity index (χ3n) is 5.35. The molecule has 0 atom stereocenters. The highest BCUT2D eigenvalue weighted by molar-refractivity contribution is 5.65. The van der Waals surface area contributed by atoms with Gasteiger partial charge in [0.25, 0.3) is 0 Å². The van der Waals surface area contributed by atoms with E-state index in [1.807, 2.05) is 0 Å². The molecule has 110 valence electrons. The van der Waals surface area contributed by atoms with E-state index < -0.39 is 0 Å². The number of aryl methyl sites for hydroxylation is 3. The van der Waals surface area contributed by atoms with Gasteiger partial charge in [0, 0.05) is 36.0 Å². The highest BCUT2D eigenvalue weighted by Gasteiger charge is 2.41. The maximum Gasteiger partial charge on any atom is 0.216 e. The number of rotatable bonds is 2. The largest absolute Gasteiger partial charge is 0.216 e. The minimum atomic E-state index is 0.255. The van der Waals surface area contributed by atoms with Gasteiger partial charge in [-0.1, -0.05) is 32.0 Å². The van der Waals surface area contributed by atoms with Gasteiger partial charge in [-0.3, -0.25) is 0 Å². The smallest absolute Gasteiger partial charge is 0.192 e. The van der Waals surface area contributed by atoms with Gasteiger partial charge in [0.15, 0.2) is 11.7 Å². The summed E-state index contributed by atoms with van der Waals surface area (Å²) < 4.78 is 2.60. The first-order valence-corrected chi connectivity index (χ1v) is 8.23. The molecule has 1 aromatic heterocycles. The molecular weight excluding hydrogens is 254 g/mol. The third-order valence-corrected chi connectivity index (χ3v) is 5.35. The molecule has 1 aromatic carbocycles. The van der Waals surface area contributed by atoms with Crippen LogP contribution in [0.15, 0.2) is 36.5 Å². The Balaban J connectivity index is 2.37. The van der Waals surface area contributed by atoms with E-state index in [1.54, 1.807) is 0 Å². The highest BCUT2D eigenvalue weighted by Crippen LogP contribution is 2.36. The normalized spacial score (nSPS) is 16.0. The number of hydrogen-bond donors (Lipinski definition) is 0. The van der Waals surface area contributed by atoms with Gasteiger partial charge in [0.1, 0.15) is 0 Å². The zero-order valence-corrected chi connectivity index (χ0v) is 13.7. The Morgan fingerprint density at radius 1 is 1.10 bits per heavy atom. The molecule has 1 heteroatoms. The van der Waals surface area contributed by atoms with E-state index in [0.29, 0.717) is 0 Å². The summed E-state index contributed by atoms with van der Waals surface area (Å²) in [6.07, 6.45) is 7.17. The van der Waals surface area contributed by atoms with Crippen molar-refractivity contribution in [3.63, 3.8) is 0 Å². The van der Waals surface area contributed by atoms with Crippen molar-refractivity contribution < 1.29 is 4.57 Å². The number of aromatic nitrogens is 1. The lowest BCUT2D eigenvalue weighted by Crippen LogP contribution is -2.57. The maximum absolute atomic E-state index is 2.60. The fourth-order valence-corrected chi connectivity index (χ4v) is 4.02. The van der Waals surface area contributed by atoms with Crippen molar-refractivity contribution >= 4 is 0 Å². The molecule has 2 aromatic rings. The zero-order chi connectivity index (χ0) is 15.0. The molecule has 0 radical (unpaired) electrons. The van der Waals surface area contributed by atoms with Crippen LogP contribution < -0.4 is 4.57 Å². The Morgan fingerprint density at radius 3 is 2.52 bits per heavy atom. The first kappa shape index (κ1) is 14.3. The van der Waals surface area contributed by atoms with Crippen molar-refractivity contribution in [3.05, 3.63) is 53.2 Å². The molecule has 2 heterocycles. The first-order valence-electron chi connectivity index (χ1n) is 8.23. The molecular formula is C20H26N+. The Labute approximate surface area is 128 Å². The van der Waals surface area contributed by atoms with Crippen LogP contribution in [-0.2, 0) is 12.0 Å². The molecule has 0 spiro atoms. The van der Waals surface area contributed by atoms with Crippen molar-refractivity contribution in [2.24, 2.45) is 0 Å². The van der Waals surface area contributed by atoms with Crippen LogP contribution in [0.25, 0.3) is 11.3 Å². The quantitative estimate of drug-likeness (QED) is 0.701. The summed E-state index contributed by atoms with van der Waals surface area (Å²) in [6, 6.07) is 11.3. The molecule has 0 saturated carbocycles. The predicted molar refractivity (Wildman–Crippen MR) is 88.4 cm³/mol. The SMILES string of the molecule is CCC1(CC)CCc2ccccc2-c2c(C)cc(C)c[n+]21. The Bertz CT molecular complexity index is 666. The first-order chi connectivity index (χ1) is 10.1. The van der Waals surface area contributed by atoms with E-state index in [0.717, 1.165) is 0 Å². The van der Waals surface area contributed by atoms with Gasteiger partial charge in [0.05, 0.1) is 0 Å². The van der Waals surface area contributed by atoms with E-state index in [9.17, 15) is 0 Å². The minimum absolute atomic E-state index is 0.255. The van der Waals surface area contributed by atoms with Gasteiger partial charge in [-0.25, -0.2) is 0 Å². The summed E-state index contributed by atoms with van der Waals surface area (Å²) in [4.78, 5) is 0. The average molecular weight is 280 g/mol. The minimum Gasteiger partial charge on any atom is -0.192 e. The molecule has 3 rings (SSSR count). The van der Waals surface area contributed by atoms with Gasteiger partial charge < -0.3 is 0 Å². The summed E-state index contributed by atoms with van der Waals surface area (Å²) in [5.41, 5.74) is 7.38. The summed E-state index contributed by atoms with van der Waals surface area (Å²) in [7, 11) is 0. The van der Waals surface area contributed by atoms with Crippen LogP contribution in [-0.4, -0.2) is 0 Å². The van der Waals surface area contributed by atoms with E-state index >= 15 is 0 Å². The Kier molecular flexibility index (Phi) is 3.61. The fraction of sp³-hybridized carbons (Fsp3) is 0.450. The lowest BCUT2D eigenvalue weighted by molar-refractivity contribution is -0.757. The zero-order valence-electron chi connectivity index (χ0n) is 13.7. The summed E-state index contributed by atoms with van der Waals surface area (Å²) in [6.45, 7) is 9.16. The maximum atomic E-state index is 2.60. The second-order valence-corrected chi connectivity index (χ2v) is 6.51. The van der Waals surface area contributed by atoms with Gasteiger partial charge in [-0.05, 0) is 38.0 Å². The molecule has 0 amide bonds. The molecule has 0 bridgehead atoms. The molecule has 1 aliphatic rings. The van der Waals surface area contributed by atoms with E-state index in [4.69, 9.17) is 0 Å². The second kappa shape index (κ2) is 5.29. The molecule has 0 fully saturated rings. The van der Waals surface area contributed by atoms with Crippen LogP contribution in [0.4, 0.5) is 0 Å². The van der Waals surface area contributed by atoms with Crippen molar-refractivity contribution in [2.75, 3.05) is 0 Å². The van der Waals surface area contributed by atoms with Crippen molar-refractivity contribution in [2.45, 2.75) is 58.9 Å². The standard InChI is InChI=1S/C20H26N/c1-5-20(6-2)12-11-17-9-7-8-10-18(17)19-16(4)13-15(3)14-21(19)20/h7-10,13-14H,5-6,11-12H2,1-4H3/q+1. The Morgan fingerprint density at radius 2 is 1.81 bits per heavy atom. The van der Waals surface area contributed by atoms with Crippen LogP contribution in [0.1, 0.15) is 49.8 Å². The van der Waals surface area contributed by atoms with Crippen LogP contribution in [0, 0.1) is 13.8 Å². The van der Waals surface area contributed by atoms with Crippen LogP contribution in [0.2, 0.25) is 0 Å². The monoisotopic (exact) mass is 280 g/mol. The van der Waals surface area contributed by atoms with Gasteiger partial charge in [0.2, 0.25) is 5.69 Å². The molecule has 1 nitrogen and oxygen atoms in total. The Hall–Kier alpha value is -1.63. The van der Waals surface area contributed by atoms with Crippen molar-refractivity contribution in [3.8, 4) is 11.3 Å². The van der Waals surface area contributed by atoms with Gasteiger partial charge in [-0.15, -0.1) is 0 Å². The van der Waals surface area contributed by atoms with Gasteiger partial charge in [-0.2, -0.15) is 4.57 Å². The lowest BCUT2D eigenvalue weighted by Gasteiger charge is -2.27. The number of fused-ring (bicyclic) bond motifs is 3. The van der Waals surface area contributed by atoms with Crippen LogP contribution in [0.5, 0.6) is 0 Å². The van der Waals surface area contributed by atoms with Crippen LogP contribution in [0.3, 0.4) is 0 Å². The molecule has 0 unspecified atom stereocenters. The molecule has 21 heavy (non-hydrogen) atoms. The van der Waals surface area contributed by atoms with Gasteiger partial charge >= 0.3 is 0 Å². The summed E-state index contributed by atoms with van der Waals surface area (Å²) >= 11 is 0. The number of hydrogen-bond acceptors (Lipinski definition) is 0. The molecule has 0 saturated heterocycles. The molecule has 0 N–H and O–H groups in total. The number of pyridine rings is 1. The predicted octanol–water partition coefficient (Wildman–Crippen LogP) is 4.72. The van der Waals surface area contributed by atoms with E-state index in [2.05, 4.69) is 68.8 Å². The highest BCUT2D eigenvalue weighted by atomic mass is 15.1. The van der Waals surface area contributed by atoms with Crippen molar-refractivity contribution in [1.29, 1.82) is 0 Å². The lowest BCUT2D eigenvalue weighted by atomic mass is 9.86. The number of nitrogens with zero attached hydrogens (tertiary/aromatic N) is 1. The molecule has 1 aliphatic heterocycles. The van der Waals surface area contributed by atoms with Crippen molar-refractivity contribution in [1.82, 2.24) is 0 Å². The third kappa shape index (κ3) is 2.19. The molecule has 0 aliphatic carbocycles. The van der Waals surface area contributed by atoms with E-state index in [1.165, 1.54) is 53.6 Å². The summed E-state index contributed by atoms with van der Waals surface area (Å²) in [5.74, 6) is 0. The van der Waals surface area contributed by atoms with E-state index in [-0.39, 0.29) is 5.54 Å². The fourth-order valence-electron chi connectivity index (χ4n) is 4.02. The average Bonchev–Trinajstić information content (AvgIpc) is 2.62. The van der Waals surface area contributed by atoms with Crippen LogP contribution >= 0.6 is 0 Å². The second-order valence-electron chi connectivity index (χ2n) is 6.51. The number of benzene rings is 1. The summed E-state index contributed by atoms with van der Waals surface area (Å²) in [5, 5.41) is 0. The topological polar surface area (TPSA) is 3.88 Å².